The predicted molar refractivity (Wildman–Crippen MR) is 126 cm³/mol. The van der Waals surface area contributed by atoms with Gasteiger partial charge in [0.15, 0.2) is 0 Å². The summed E-state index contributed by atoms with van der Waals surface area (Å²) in [6.45, 7) is 1.96. The number of amides is 2. The fraction of sp³-hybridized carbons (Fsp3) is 0.167. The van der Waals surface area contributed by atoms with E-state index >= 15 is 0 Å². The SMILES string of the molecule is Cc1cc(-c2ccc3c(Oc4ccc(C5CC5(C(N)=O)C(N)=O)cc4)ccnc3c2)n[nH]1.Cl. The Kier molecular flexibility index (Phi) is 5.55. The molecule has 1 atom stereocenters. The average Bonchev–Trinajstić information content (AvgIpc) is 3.42. The number of H-pyrrole nitrogens is 1. The smallest absolute Gasteiger partial charge is 0.233 e. The molecule has 1 unspecified atom stereocenters. The molecule has 0 aliphatic heterocycles. The minimum atomic E-state index is -1.28. The van der Waals surface area contributed by atoms with Gasteiger partial charge in [0.25, 0.3) is 0 Å². The quantitative estimate of drug-likeness (QED) is 0.375. The third-order valence-electron chi connectivity index (χ3n) is 6.05. The van der Waals surface area contributed by atoms with Gasteiger partial charge in [-0.2, -0.15) is 5.10 Å². The molecule has 2 aromatic carbocycles. The second-order valence-electron chi connectivity index (χ2n) is 8.10. The zero-order chi connectivity index (χ0) is 22.5. The number of benzene rings is 2. The highest BCUT2D eigenvalue weighted by Gasteiger charge is 2.64. The van der Waals surface area contributed by atoms with Crippen LogP contribution in [0.5, 0.6) is 11.5 Å². The molecule has 1 aliphatic carbocycles. The molecule has 1 fully saturated rings. The van der Waals surface area contributed by atoms with E-state index in [-0.39, 0.29) is 18.3 Å². The molecule has 0 spiro atoms. The number of rotatable bonds is 6. The molecule has 2 aromatic heterocycles. The van der Waals surface area contributed by atoms with E-state index in [1.165, 1.54) is 0 Å². The van der Waals surface area contributed by atoms with Crippen molar-refractivity contribution in [1.82, 2.24) is 15.2 Å². The molecule has 5 N–H and O–H groups in total. The van der Waals surface area contributed by atoms with Crippen molar-refractivity contribution in [1.29, 1.82) is 0 Å². The Morgan fingerprint density at radius 3 is 2.39 bits per heavy atom. The van der Waals surface area contributed by atoms with Crippen molar-refractivity contribution in [2.45, 2.75) is 19.3 Å². The summed E-state index contributed by atoms with van der Waals surface area (Å²) in [6, 6.07) is 17.0. The number of primary amides is 2. The zero-order valence-corrected chi connectivity index (χ0v) is 18.6. The van der Waals surface area contributed by atoms with Crippen LogP contribution in [0.3, 0.4) is 0 Å². The van der Waals surface area contributed by atoms with Gasteiger partial charge in [0.1, 0.15) is 16.9 Å². The van der Waals surface area contributed by atoms with Gasteiger partial charge in [-0.1, -0.05) is 18.2 Å². The summed E-state index contributed by atoms with van der Waals surface area (Å²) in [5.41, 5.74) is 14.0. The lowest BCUT2D eigenvalue weighted by Gasteiger charge is -2.11. The number of nitrogens with one attached hydrogen (secondary N) is 1. The highest BCUT2D eigenvalue weighted by molar-refractivity contribution is 6.08. The Labute approximate surface area is 195 Å². The van der Waals surface area contributed by atoms with E-state index in [9.17, 15) is 9.59 Å². The fourth-order valence-electron chi connectivity index (χ4n) is 4.16. The monoisotopic (exact) mass is 463 g/mol. The summed E-state index contributed by atoms with van der Waals surface area (Å²) in [5, 5.41) is 8.12. The first-order chi connectivity index (χ1) is 15.4. The molecule has 0 bridgehead atoms. The van der Waals surface area contributed by atoms with Crippen LogP contribution in [0.1, 0.15) is 23.6 Å². The van der Waals surface area contributed by atoms with Crippen molar-refractivity contribution in [2.75, 3.05) is 0 Å². The molecule has 4 aromatic rings. The van der Waals surface area contributed by atoms with Crippen molar-refractivity contribution in [3.63, 3.8) is 0 Å². The second-order valence-corrected chi connectivity index (χ2v) is 8.10. The molecule has 8 nitrogen and oxygen atoms in total. The first-order valence-electron chi connectivity index (χ1n) is 10.2. The largest absolute Gasteiger partial charge is 0.457 e. The number of nitrogens with two attached hydrogens (primary N) is 2. The summed E-state index contributed by atoms with van der Waals surface area (Å²) in [5.74, 6) is -0.358. The maximum absolute atomic E-state index is 11.7. The van der Waals surface area contributed by atoms with E-state index < -0.39 is 17.2 Å². The standard InChI is InChI=1S/C24H21N5O3.ClH/c1-13-10-19(29-28-13)15-4-7-17-20(11-15)27-9-8-21(17)32-16-5-2-14(3-6-16)18-12-24(18,22(25)30)23(26)31;/h2-11,18H,12H2,1H3,(H2,25,30)(H2,26,31)(H,28,29);1H. The third kappa shape index (κ3) is 3.78. The van der Waals surface area contributed by atoms with Crippen LogP contribution in [0.25, 0.3) is 22.2 Å². The first kappa shape index (κ1) is 22.3. The van der Waals surface area contributed by atoms with Gasteiger partial charge in [0.2, 0.25) is 11.8 Å². The van der Waals surface area contributed by atoms with Gasteiger partial charge in [-0.15, -0.1) is 12.4 Å². The summed E-state index contributed by atoms with van der Waals surface area (Å²) < 4.78 is 6.10. The average molecular weight is 464 g/mol. The number of carbonyl (C=O) groups is 2. The number of carbonyl (C=O) groups excluding carboxylic acids is 2. The number of hydrogen-bond donors (Lipinski definition) is 3. The highest BCUT2D eigenvalue weighted by Crippen LogP contribution is 2.59. The molecule has 33 heavy (non-hydrogen) atoms. The molecule has 9 heteroatoms. The lowest BCUT2D eigenvalue weighted by molar-refractivity contribution is -0.133. The lowest BCUT2D eigenvalue weighted by atomic mass is 9.97. The van der Waals surface area contributed by atoms with E-state index in [0.717, 1.165) is 33.4 Å². The third-order valence-corrected chi connectivity index (χ3v) is 6.05. The van der Waals surface area contributed by atoms with Crippen LogP contribution < -0.4 is 16.2 Å². The number of aryl methyl sites for hydroxylation is 1. The van der Waals surface area contributed by atoms with Crippen LogP contribution >= 0.6 is 12.4 Å². The highest BCUT2D eigenvalue weighted by atomic mass is 35.5. The van der Waals surface area contributed by atoms with Crippen LogP contribution in [0.2, 0.25) is 0 Å². The summed E-state index contributed by atoms with van der Waals surface area (Å²) in [7, 11) is 0. The molecule has 1 saturated carbocycles. The normalized spacial score (nSPS) is 16.1. The van der Waals surface area contributed by atoms with Crippen molar-refractivity contribution < 1.29 is 14.3 Å². The predicted octanol–water partition coefficient (Wildman–Crippen LogP) is 3.59. The lowest BCUT2D eigenvalue weighted by Crippen LogP contribution is -2.38. The molecule has 2 heterocycles. The van der Waals surface area contributed by atoms with Gasteiger partial charge in [-0.3, -0.25) is 19.7 Å². The van der Waals surface area contributed by atoms with E-state index in [2.05, 4.69) is 15.2 Å². The zero-order valence-electron chi connectivity index (χ0n) is 17.7. The van der Waals surface area contributed by atoms with E-state index in [1.807, 2.05) is 43.3 Å². The van der Waals surface area contributed by atoms with Crippen molar-refractivity contribution >= 4 is 35.1 Å². The second kappa shape index (κ2) is 8.22. The van der Waals surface area contributed by atoms with Gasteiger partial charge in [-0.05, 0) is 55.3 Å². The van der Waals surface area contributed by atoms with E-state index in [4.69, 9.17) is 16.2 Å². The molecular formula is C24H22ClN5O3. The van der Waals surface area contributed by atoms with Crippen LogP contribution in [-0.4, -0.2) is 27.0 Å². The van der Waals surface area contributed by atoms with Crippen molar-refractivity contribution in [2.24, 2.45) is 16.9 Å². The van der Waals surface area contributed by atoms with Gasteiger partial charge >= 0.3 is 0 Å². The number of aromatic amines is 1. The fourth-order valence-corrected chi connectivity index (χ4v) is 4.16. The summed E-state index contributed by atoms with van der Waals surface area (Å²) >= 11 is 0. The molecule has 5 rings (SSSR count). The molecule has 0 saturated heterocycles. The van der Waals surface area contributed by atoms with Gasteiger partial charge in [-0.25, -0.2) is 0 Å². The van der Waals surface area contributed by atoms with Crippen LogP contribution in [0.4, 0.5) is 0 Å². The molecule has 168 valence electrons. The van der Waals surface area contributed by atoms with Gasteiger partial charge in [0, 0.05) is 28.8 Å². The number of hydrogen-bond acceptors (Lipinski definition) is 5. The Bertz CT molecular complexity index is 1350. The van der Waals surface area contributed by atoms with Crippen LogP contribution in [-0.2, 0) is 9.59 Å². The number of nitrogens with zero attached hydrogens (tertiary/aromatic N) is 2. The Balaban J connectivity index is 0.00000259. The van der Waals surface area contributed by atoms with Crippen LogP contribution in [0.15, 0.2) is 60.8 Å². The molecule has 1 aliphatic rings. The van der Waals surface area contributed by atoms with Gasteiger partial charge in [0.05, 0.1) is 11.2 Å². The minimum Gasteiger partial charge on any atom is -0.457 e. The van der Waals surface area contributed by atoms with E-state index in [0.29, 0.717) is 17.9 Å². The van der Waals surface area contributed by atoms with Gasteiger partial charge < -0.3 is 16.2 Å². The van der Waals surface area contributed by atoms with Crippen LogP contribution in [0, 0.1) is 12.3 Å². The summed E-state index contributed by atoms with van der Waals surface area (Å²) in [6.07, 6.45) is 2.04. The Morgan fingerprint density at radius 2 is 1.79 bits per heavy atom. The summed E-state index contributed by atoms with van der Waals surface area (Å²) in [4.78, 5) is 27.9. The number of ether oxygens (including phenoxy) is 1. The topological polar surface area (TPSA) is 137 Å². The minimum absolute atomic E-state index is 0. The molecular weight excluding hydrogens is 442 g/mol. The molecule has 2 amide bonds. The Morgan fingerprint density at radius 1 is 1.06 bits per heavy atom. The number of aromatic nitrogens is 3. The molecule has 0 radical (unpaired) electrons. The van der Waals surface area contributed by atoms with Crippen molar-refractivity contribution in [3.8, 4) is 22.8 Å². The maximum Gasteiger partial charge on any atom is 0.233 e. The Hall–Kier alpha value is -3.91. The number of fused-ring (bicyclic) bond motifs is 1. The first-order valence-corrected chi connectivity index (χ1v) is 10.2. The van der Waals surface area contributed by atoms with E-state index in [1.54, 1.807) is 24.4 Å². The number of halogens is 1. The maximum atomic E-state index is 11.7. The number of pyridine rings is 1. The van der Waals surface area contributed by atoms with Crippen molar-refractivity contribution in [3.05, 3.63) is 72.1 Å².